The van der Waals surface area contributed by atoms with Crippen LogP contribution in [0.15, 0.2) is 22.3 Å². The Bertz CT molecular complexity index is 1070. The van der Waals surface area contributed by atoms with Crippen molar-refractivity contribution in [2.24, 2.45) is 0 Å². The van der Waals surface area contributed by atoms with Gasteiger partial charge in [0.2, 0.25) is 15.9 Å². The van der Waals surface area contributed by atoms with Crippen LogP contribution in [-0.4, -0.2) is 71.6 Å². The number of nitrogens with one attached hydrogen (secondary N) is 1. The Labute approximate surface area is 184 Å². The average molecular weight is 470 g/mol. The van der Waals surface area contributed by atoms with E-state index in [1.807, 2.05) is 17.5 Å². The number of rotatable bonds is 7. The molecule has 0 aromatic carbocycles. The monoisotopic (exact) mass is 469 g/mol. The van der Waals surface area contributed by atoms with E-state index in [1.54, 1.807) is 0 Å². The minimum atomic E-state index is -3.33. The van der Waals surface area contributed by atoms with Gasteiger partial charge in [-0.15, -0.1) is 11.3 Å². The fraction of sp³-hybridized carbons (Fsp3) is 0.632. The molecule has 0 saturated carbocycles. The van der Waals surface area contributed by atoms with Crippen LogP contribution in [0.25, 0.3) is 5.00 Å². The zero-order valence-corrected chi connectivity index (χ0v) is 19.0. The van der Waals surface area contributed by atoms with Crippen molar-refractivity contribution in [2.45, 2.75) is 44.2 Å². The van der Waals surface area contributed by atoms with Crippen molar-refractivity contribution in [1.82, 2.24) is 24.0 Å². The first kappa shape index (κ1) is 22.2. The molecule has 2 saturated heterocycles. The summed E-state index contributed by atoms with van der Waals surface area (Å²) in [4.78, 5) is 25.6. The van der Waals surface area contributed by atoms with Crippen LogP contribution >= 0.6 is 11.3 Å². The molecule has 0 bridgehead atoms. The Morgan fingerprint density at radius 3 is 2.87 bits per heavy atom. The Kier molecular flexibility index (Phi) is 6.60. The standard InChI is InChI=1S/C19H27N5O5S2/c1-31(27,28)22-8-2-5-14(12-22)18-21-23(19(26)24(18)17-7-4-10-30-17)13-16(25)20-11-15-6-3-9-29-15/h4,7,10,14-15H,2-3,5-6,8-9,11-13H2,1H3,(H,20,25). The van der Waals surface area contributed by atoms with Gasteiger partial charge in [0.25, 0.3) is 0 Å². The lowest BCUT2D eigenvalue weighted by Gasteiger charge is -2.30. The van der Waals surface area contributed by atoms with Gasteiger partial charge in [0.05, 0.1) is 12.4 Å². The summed E-state index contributed by atoms with van der Waals surface area (Å²) in [5.74, 6) is -0.0383. The second-order valence-electron chi connectivity index (χ2n) is 7.98. The molecule has 1 amide bonds. The van der Waals surface area contributed by atoms with Crippen molar-refractivity contribution in [3.8, 4) is 5.00 Å². The van der Waals surface area contributed by atoms with E-state index in [0.717, 1.165) is 19.3 Å². The Balaban J connectivity index is 1.57. The molecule has 0 spiro atoms. The van der Waals surface area contributed by atoms with Gasteiger partial charge in [0, 0.05) is 32.2 Å². The lowest BCUT2D eigenvalue weighted by Crippen LogP contribution is -2.39. The number of carbonyl (C=O) groups is 1. The maximum absolute atomic E-state index is 13.1. The second kappa shape index (κ2) is 9.23. The van der Waals surface area contributed by atoms with Gasteiger partial charge in [-0.2, -0.15) is 5.10 Å². The summed E-state index contributed by atoms with van der Waals surface area (Å²) in [6.07, 6.45) is 4.52. The summed E-state index contributed by atoms with van der Waals surface area (Å²) in [6.45, 7) is 1.66. The predicted octanol–water partition coefficient (Wildman–Crippen LogP) is 0.530. The lowest BCUT2D eigenvalue weighted by molar-refractivity contribution is -0.122. The van der Waals surface area contributed by atoms with Gasteiger partial charge >= 0.3 is 5.69 Å². The minimum absolute atomic E-state index is 0.0177. The first-order valence-electron chi connectivity index (χ1n) is 10.4. The second-order valence-corrected chi connectivity index (χ2v) is 10.9. The van der Waals surface area contributed by atoms with Crippen molar-refractivity contribution >= 4 is 27.3 Å². The van der Waals surface area contributed by atoms with Crippen LogP contribution < -0.4 is 11.0 Å². The summed E-state index contributed by atoms with van der Waals surface area (Å²) in [5.41, 5.74) is -0.402. The van der Waals surface area contributed by atoms with Gasteiger partial charge < -0.3 is 10.1 Å². The molecule has 10 nitrogen and oxygen atoms in total. The Hall–Kier alpha value is -2.02. The maximum atomic E-state index is 13.1. The van der Waals surface area contributed by atoms with Crippen molar-refractivity contribution < 1.29 is 17.9 Å². The van der Waals surface area contributed by atoms with Gasteiger partial charge in [0.1, 0.15) is 17.4 Å². The topological polar surface area (TPSA) is 116 Å². The normalized spacial score (nSPS) is 22.6. The van der Waals surface area contributed by atoms with Crippen LogP contribution in [0.5, 0.6) is 0 Å². The number of hydrogen-bond donors (Lipinski definition) is 1. The average Bonchev–Trinajstić information content (AvgIpc) is 3.48. The number of ether oxygens (including phenoxy) is 1. The zero-order valence-electron chi connectivity index (χ0n) is 17.4. The number of hydrogen-bond acceptors (Lipinski definition) is 7. The largest absolute Gasteiger partial charge is 0.376 e. The molecule has 4 rings (SSSR count). The third-order valence-electron chi connectivity index (χ3n) is 5.65. The molecule has 2 aliphatic rings. The van der Waals surface area contributed by atoms with E-state index < -0.39 is 15.7 Å². The number of piperidine rings is 1. The predicted molar refractivity (Wildman–Crippen MR) is 116 cm³/mol. The number of amides is 1. The molecule has 2 aromatic heterocycles. The third-order valence-corrected chi connectivity index (χ3v) is 7.78. The molecule has 2 fully saturated rings. The highest BCUT2D eigenvalue weighted by Crippen LogP contribution is 2.28. The highest BCUT2D eigenvalue weighted by atomic mass is 32.2. The number of sulfonamides is 1. The van der Waals surface area contributed by atoms with E-state index >= 15 is 0 Å². The van der Waals surface area contributed by atoms with Crippen LogP contribution in [0.2, 0.25) is 0 Å². The molecule has 31 heavy (non-hydrogen) atoms. The maximum Gasteiger partial charge on any atom is 0.351 e. The van der Waals surface area contributed by atoms with Gasteiger partial charge in [-0.05, 0) is 43.2 Å². The molecule has 2 aromatic rings. The first-order valence-corrected chi connectivity index (χ1v) is 13.1. The molecule has 2 atom stereocenters. The van der Waals surface area contributed by atoms with E-state index in [-0.39, 0.29) is 31.0 Å². The van der Waals surface area contributed by atoms with E-state index in [9.17, 15) is 18.0 Å². The van der Waals surface area contributed by atoms with E-state index in [1.165, 1.54) is 31.1 Å². The Morgan fingerprint density at radius 1 is 1.35 bits per heavy atom. The van der Waals surface area contributed by atoms with Crippen LogP contribution in [-0.2, 0) is 26.1 Å². The van der Waals surface area contributed by atoms with Gasteiger partial charge in [0.15, 0.2) is 0 Å². The fourth-order valence-electron chi connectivity index (χ4n) is 4.08. The number of thiophene rings is 1. The summed E-state index contributed by atoms with van der Waals surface area (Å²) in [5, 5.41) is 9.86. The van der Waals surface area contributed by atoms with Gasteiger partial charge in [-0.1, -0.05) is 0 Å². The van der Waals surface area contributed by atoms with Crippen LogP contribution in [0.3, 0.4) is 0 Å². The molecule has 1 N–H and O–H groups in total. The zero-order chi connectivity index (χ0) is 22.0. The van der Waals surface area contributed by atoms with Crippen LogP contribution in [0.4, 0.5) is 0 Å². The molecule has 170 valence electrons. The molecular formula is C19H27N5O5S2. The van der Waals surface area contributed by atoms with E-state index in [4.69, 9.17) is 4.74 Å². The highest BCUT2D eigenvalue weighted by Gasteiger charge is 2.32. The van der Waals surface area contributed by atoms with Crippen molar-refractivity contribution in [1.29, 1.82) is 0 Å². The van der Waals surface area contributed by atoms with Crippen molar-refractivity contribution in [2.75, 3.05) is 32.5 Å². The van der Waals surface area contributed by atoms with Gasteiger partial charge in [-0.25, -0.2) is 26.8 Å². The molecule has 0 aliphatic carbocycles. The highest BCUT2D eigenvalue weighted by molar-refractivity contribution is 7.88. The summed E-state index contributed by atoms with van der Waals surface area (Å²) in [6, 6.07) is 3.65. The van der Waals surface area contributed by atoms with Crippen LogP contribution in [0.1, 0.15) is 37.4 Å². The fourth-order valence-corrected chi connectivity index (χ4v) is 5.72. The molecule has 0 radical (unpaired) electrons. The molecule has 4 heterocycles. The minimum Gasteiger partial charge on any atom is -0.376 e. The molecule has 2 aliphatic heterocycles. The number of nitrogens with zero attached hydrogens (tertiary/aromatic N) is 4. The summed E-state index contributed by atoms with van der Waals surface area (Å²) >= 11 is 1.39. The number of aromatic nitrogens is 3. The molecule has 2 unspecified atom stereocenters. The Morgan fingerprint density at radius 2 is 2.19 bits per heavy atom. The first-order chi connectivity index (χ1) is 14.8. The van der Waals surface area contributed by atoms with E-state index in [2.05, 4.69) is 10.4 Å². The quantitative estimate of drug-likeness (QED) is 0.633. The van der Waals surface area contributed by atoms with Crippen molar-refractivity contribution in [3.63, 3.8) is 0 Å². The number of carbonyl (C=O) groups excluding carboxylic acids is 1. The van der Waals surface area contributed by atoms with Crippen LogP contribution in [0, 0.1) is 0 Å². The SMILES string of the molecule is CS(=O)(=O)N1CCCC(c2nn(CC(=O)NCC3CCCO3)c(=O)n2-c2cccs2)C1. The summed E-state index contributed by atoms with van der Waals surface area (Å²) < 4.78 is 33.7. The molecule has 12 heteroatoms. The van der Waals surface area contributed by atoms with Crippen molar-refractivity contribution in [3.05, 3.63) is 33.8 Å². The van der Waals surface area contributed by atoms with Gasteiger partial charge in [-0.3, -0.25) is 4.79 Å². The molecular weight excluding hydrogens is 442 g/mol. The third kappa shape index (κ3) is 5.08. The van der Waals surface area contributed by atoms with E-state index in [0.29, 0.717) is 36.9 Å². The lowest BCUT2D eigenvalue weighted by atomic mass is 9.99. The smallest absolute Gasteiger partial charge is 0.351 e. The summed E-state index contributed by atoms with van der Waals surface area (Å²) in [7, 11) is -3.33.